The van der Waals surface area contributed by atoms with Gasteiger partial charge in [-0.25, -0.2) is 0 Å². The van der Waals surface area contributed by atoms with E-state index in [-0.39, 0.29) is 0 Å². The smallest absolute Gasteiger partial charge is 0.0166 e. The minimum absolute atomic E-state index is 0.511. The molecule has 0 bridgehead atoms. The minimum atomic E-state index is 0.511. The van der Waals surface area contributed by atoms with Crippen LogP contribution < -0.4 is 5.32 Å². The molecule has 1 N–H and O–H groups in total. The van der Waals surface area contributed by atoms with Crippen molar-refractivity contribution < 1.29 is 0 Å². The van der Waals surface area contributed by atoms with Gasteiger partial charge in [0.2, 0.25) is 0 Å². The van der Waals surface area contributed by atoms with Gasteiger partial charge in [-0.15, -0.1) is 11.3 Å². The molecule has 16 heavy (non-hydrogen) atoms. The first kappa shape index (κ1) is 12.1. The summed E-state index contributed by atoms with van der Waals surface area (Å²) in [5, 5.41) is 5.74. The molecule has 1 unspecified atom stereocenters. The molecular weight excluding hydrogens is 214 g/mol. The van der Waals surface area contributed by atoms with E-state index in [0.29, 0.717) is 11.5 Å². The first-order chi connectivity index (χ1) is 7.74. The van der Waals surface area contributed by atoms with Gasteiger partial charge in [0.1, 0.15) is 0 Å². The molecule has 1 aliphatic carbocycles. The molecule has 1 aromatic rings. The van der Waals surface area contributed by atoms with E-state index in [1.54, 1.807) is 0 Å². The van der Waals surface area contributed by atoms with Gasteiger partial charge in [-0.3, -0.25) is 0 Å². The van der Waals surface area contributed by atoms with Gasteiger partial charge in [-0.1, -0.05) is 32.3 Å². The summed E-state index contributed by atoms with van der Waals surface area (Å²) in [6.07, 6.45) is 8.25. The van der Waals surface area contributed by atoms with Crippen molar-refractivity contribution in [3.63, 3.8) is 0 Å². The monoisotopic (exact) mass is 237 g/mol. The first-order valence-electron chi connectivity index (χ1n) is 6.44. The topological polar surface area (TPSA) is 12.0 Å². The largest absolute Gasteiger partial charge is 0.316 e. The molecule has 1 nitrogen and oxygen atoms in total. The summed E-state index contributed by atoms with van der Waals surface area (Å²) >= 11 is 1.89. The average Bonchev–Trinajstić information content (AvgIpc) is 2.79. The molecular formula is C14H23NS. The molecule has 0 radical (unpaired) electrons. The van der Waals surface area contributed by atoms with Crippen molar-refractivity contribution in [2.75, 3.05) is 7.05 Å². The summed E-state index contributed by atoms with van der Waals surface area (Å²) in [6.45, 7) is 2.47. The molecule has 0 spiro atoms. The molecule has 0 aromatic carbocycles. The van der Waals surface area contributed by atoms with E-state index < -0.39 is 0 Å². The predicted molar refractivity (Wildman–Crippen MR) is 72.1 cm³/mol. The van der Waals surface area contributed by atoms with Gasteiger partial charge in [0.25, 0.3) is 0 Å². The van der Waals surface area contributed by atoms with Crippen LogP contribution in [0.5, 0.6) is 0 Å². The fourth-order valence-corrected chi connectivity index (χ4v) is 3.79. The van der Waals surface area contributed by atoms with Crippen LogP contribution in [0.1, 0.15) is 43.9 Å². The molecule has 0 saturated heterocycles. The minimum Gasteiger partial charge on any atom is -0.316 e. The van der Waals surface area contributed by atoms with Gasteiger partial charge in [0.15, 0.2) is 0 Å². The van der Waals surface area contributed by atoms with E-state index in [2.05, 4.69) is 36.8 Å². The predicted octanol–water partition coefficient (Wildman–Crippen LogP) is 3.85. The van der Waals surface area contributed by atoms with Crippen molar-refractivity contribution in [2.24, 2.45) is 5.41 Å². The van der Waals surface area contributed by atoms with Crippen LogP contribution in [0.3, 0.4) is 0 Å². The molecule has 1 atom stereocenters. The second-order valence-electron chi connectivity index (χ2n) is 5.34. The Morgan fingerprint density at radius 3 is 2.69 bits per heavy atom. The number of thiophene rings is 1. The molecule has 0 amide bonds. The summed E-state index contributed by atoms with van der Waals surface area (Å²) in [5.74, 6) is 0. The zero-order chi connectivity index (χ0) is 11.4. The fourth-order valence-electron chi connectivity index (χ4n) is 3.03. The van der Waals surface area contributed by atoms with Gasteiger partial charge in [-0.2, -0.15) is 0 Å². The van der Waals surface area contributed by atoms with Gasteiger partial charge in [-0.05, 0) is 43.2 Å². The van der Waals surface area contributed by atoms with Crippen LogP contribution in [-0.2, 0) is 6.42 Å². The Morgan fingerprint density at radius 2 is 2.12 bits per heavy atom. The zero-order valence-electron chi connectivity index (χ0n) is 10.5. The molecule has 2 rings (SSSR count). The summed E-state index contributed by atoms with van der Waals surface area (Å²) < 4.78 is 0. The molecule has 2 heteroatoms. The van der Waals surface area contributed by atoms with E-state index in [1.807, 2.05) is 11.3 Å². The van der Waals surface area contributed by atoms with Crippen LogP contribution in [0.4, 0.5) is 0 Å². The van der Waals surface area contributed by atoms with Crippen molar-refractivity contribution in [3.05, 3.63) is 22.4 Å². The van der Waals surface area contributed by atoms with Crippen molar-refractivity contribution in [2.45, 2.75) is 51.5 Å². The Balaban J connectivity index is 2.03. The van der Waals surface area contributed by atoms with Crippen LogP contribution >= 0.6 is 11.3 Å². The maximum Gasteiger partial charge on any atom is 0.0166 e. The summed E-state index contributed by atoms with van der Waals surface area (Å²) in [6, 6.07) is 5.07. The standard InChI is InChI=1S/C14H23NS/c1-14(8-4-3-5-9-14)13(15-2)11-12-7-6-10-16-12/h6-7,10,13,15H,3-5,8-9,11H2,1-2H3. The Morgan fingerprint density at radius 1 is 1.38 bits per heavy atom. The quantitative estimate of drug-likeness (QED) is 0.839. The second-order valence-corrected chi connectivity index (χ2v) is 6.37. The Bertz CT molecular complexity index is 299. The first-order valence-corrected chi connectivity index (χ1v) is 7.32. The van der Waals surface area contributed by atoms with Crippen molar-refractivity contribution in [1.29, 1.82) is 0 Å². The summed E-state index contributed by atoms with van der Waals surface area (Å²) in [4.78, 5) is 1.52. The normalized spacial score (nSPS) is 21.9. The highest BCUT2D eigenvalue weighted by atomic mass is 32.1. The lowest BCUT2D eigenvalue weighted by atomic mass is 9.69. The average molecular weight is 237 g/mol. The second kappa shape index (κ2) is 5.33. The third-order valence-electron chi connectivity index (χ3n) is 4.17. The maximum absolute atomic E-state index is 3.56. The molecule has 1 fully saturated rings. The van der Waals surface area contributed by atoms with Crippen LogP contribution in [0, 0.1) is 5.41 Å². The zero-order valence-corrected chi connectivity index (χ0v) is 11.3. The van der Waals surface area contributed by atoms with Crippen molar-refractivity contribution in [1.82, 2.24) is 5.32 Å². The van der Waals surface area contributed by atoms with E-state index in [1.165, 1.54) is 43.4 Å². The van der Waals surface area contributed by atoms with Gasteiger partial charge in [0, 0.05) is 10.9 Å². The summed E-state index contributed by atoms with van der Waals surface area (Å²) in [7, 11) is 2.12. The third kappa shape index (κ3) is 2.67. The fraction of sp³-hybridized carbons (Fsp3) is 0.714. The molecule has 90 valence electrons. The highest BCUT2D eigenvalue weighted by Crippen LogP contribution is 2.40. The number of hydrogen-bond acceptors (Lipinski definition) is 2. The van der Waals surface area contributed by atoms with Gasteiger partial charge < -0.3 is 5.32 Å². The molecule has 1 aromatic heterocycles. The number of hydrogen-bond donors (Lipinski definition) is 1. The van der Waals surface area contributed by atoms with Crippen LogP contribution in [0.15, 0.2) is 17.5 Å². The van der Waals surface area contributed by atoms with Crippen molar-refractivity contribution in [3.8, 4) is 0 Å². The summed E-state index contributed by atoms with van der Waals surface area (Å²) in [5.41, 5.74) is 0.511. The lowest BCUT2D eigenvalue weighted by Gasteiger charge is -2.40. The van der Waals surface area contributed by atoms with Crippen LogP contribution in [-0.4, -0.2) is 13.1 Å². The maximum atomic E-state index is 3.56. The molecule has 0 aliphatic heterocycles. The number of rotatable bonds is 4. The Kier molecular flexibility index (Phi) is 4.04. The van der Waals surface area contributed by atoms with Crippen molar-refractivity contribution >= 4 is 11.3 Å². The highest BCUT2D eigenvalue weighted by Gasteiger charge is 2.34. The Hall–Kier alpha value is -0.340. The van der Waals surface area contributed by atoms with E-state index in [4.69, 9.17) is 0 Å². The SMILES string of the molecule is CNC(Cc1cccs1)C1(C)CCCCC1. The highest BCUT2D eigenvalue weighted by molar-refractivity contribution is 7.09. The Labute approximate surface area is 103 Å². The number of nitrogens with one attached hydrogen (secondary N) is 1. The van der Waals surface area contributed by atoms with Crippen LogP contribution in [0.2, 0.25) is 0 Å². The van der Waals surface area contributed by atoms with Gasteiger partial charge in [0.05, 0.1) is 0 Å². The van der Waals surface area contributed by atoms with E-state index in [0.717, 1.165) is 0 Å². The molecule has 1 aliphatic rings. The van der Waals surface area contributed by atoms with E-state index in [9.17, 15) is 0 Å². The lowest BCUT2D eigenvalue weighted by molar-refractivity contribution is 0.149. The lowest BCUT2D eigenvalue weighted by Crippen LogP contribution is -2.44. The molecule has 1 heterocycles. The van der Waals surface area contributed by atoms with Crippen LogP contribution in [0.25, 0.3) is 0 Å². The van der Waals surface area contributed by atoms with E-state index >= 15 is 0 Å². The van der Waals surface area contributed by atoms with Gasteiger partial charge >= 0.3 is 0 Å². The molecule has 1 saturated carbocycles. The third-order valence-corrected chi connectivity index (χ3v) is 5.07. The number of likely N-dealkylation sites (N-methyl/N-ethyl adjacent to an activating group) is 1.